The topological polar surface area (TPSA) is 94.0 Å². The molecule has 27 heavy (non-hydrogen) atoms. The van der Waals surface area contributed by atoms with Gasteiger partial charge in [-0.15, -0.1) is 24.0 Å². The van der Waals surface area contributed by atoms with E-state index in [0.717, 1.165) is 24.3 Å². The maximum atomic E-state index is 12.4. The molecule has 1 heterocycles. The molecule has 1 saturated heterocycles. The Labute approximate surface area is 186 Å². The first-order valence-corrected chi connectivity index (χ1v) is 12.4. The molecular formula is C17H37IN4O3S2. The van der Waals surface area contributed by atoms with Crippen LogP contribution in [0.25, 0.3) is 0 Å². The molecule has 10 heteroatoms. The van der Waals surface area contributed by atoms with Crippen molar-refractivity contribution in [3.8, 4) is 0 Å². The third kappa shape index (κ3) is 10.5. The number of hydrogen-bond donors (Lipinski definition) is 3. The molecule has 0 amide bonds. The van der Waals surface area contributed by atoms with Crippen molar-refractivity contribution in [3.05, 3.63) is 0 Å². The van der Waals surface area contributed by atoms with Crippen LogP contribution < -0.4 is 10.6 Å². The summed E-state index contributed by atoms with van der Waals surface area (Å²) in [7, 11) is -3.23. The number of aliphatic hydroxyl groups is 1. The van der Waals surface area contributed by atoms with Gasteiger partial charge in [0.25, 0.3) is 0 Å². The number of nitrogens with zero attached hydrogens (tertiary/aromatic N) is 2. The van der Waals surface area contributed by atoms with Crippen LogP contribution >= 0.6 is 35.7 Å². The van der Waals surface area contributed by atoms with Crippen molar-refractivity contribution in [1.29, 1.82) is 0 Å². The van der Waals surface area contributed by atoms with Crippen LogP contribution in [0.4, 0.5) is 0 Å². The zero-order valence-corrected chi connectivity index (χ0v) is 20.8. The van der Waals surface area contributed by atoms with Gasteiger partial charge in [0, 0.05) is 37.7 Å². The molecule has 0 aliphatic carbocycles. The van der Waals surface area contributed by atoms with Gasteiger partial charge in [-0.2, -0.15) is 11.8 Å². The van der Waals surface area contributed by atoms with Crippen molar-refractivity contribution in [2.45, 2.75) is 52.1 Å². The number of halogens is 1. The Bertz CT molecular complexity index is 520. The molecule has 3 N–H and O–H groups in total. The summed E-state index contributed by atoms with van der Waals surface area (Å²) in [5.41, 5.74) is -0.788. The average Bonchev–Trinajstić information content (AvgIpc) is 2.61. The minimum absolute atomic E-state index is 0. The van der Waals surface area contributed by atoms with Crippen molar-refractivity contribution < 1.29 is 13.5 Å². The Morgan fingerprint density at radius 1 is 1.15 bits per heavy atom. The summed E-state index contributed by atoms with van der Waals surface area (Å²) >= 11 is 1.79. The predicted octanol–water partition coefficient (Wildman–Crippen LogP) is 1.87. The Morgan fingerprint density at radius 2 is 1.74 bits per heavy atom. The summed E-state index contributed by atoms with van der Waals surface area (Å²) in [5, 5.41) is 16.9. The second kappa shape index (κ2) is 14.2. The first kappa shape index (κ1) is 27.2. The highest BCUT2D eigenvalue weighted by molar-refractivity contribution is 14.0. The fourth-order valence-electron chi connectivity index (χ4n) is 3.03. The highest BCUT2D eigenvalue weighted by Crippen LogP contribution is 2.19. The standard InChI is InChI=1S/C17H36N4O3S2.HI/c1-4-7-17(22,8-5-2)15-20-16(18-6-3)19-9-14-26(23,24)21-10-12-25-13-11-21;/h22H,4-15H2,1-3H3,(H2,18,19,20);1H. The lowest BCUT2D eigenvalue weighted by Gasteiger charge is -2.26. The van der Waals surface area contributed by atoms with Crippen molar-refractivity contribution >= 4 is 51.7 Å². The quantitative estimate of drug-likeness (QED) is 0.212. The van der Waals surface area contributed by atoms with Gasteiger partial charge in [0.1, 0.15) is 0 Å². The van der Waals surface area contributed by atoms with Gasteiger partial charge in [-0.3, -0.25) is 4.99 Å². The van der Waals surface area contributed by atoms with E-state index >= 15 is 0 Å². The second-order valence-electron chi connectivity index (χ2n) is 6.67. The summed E-state index contributed by atoms with van der Waals surface area (Å²) in [5.74, 6) is 2.34. The molecule has 0 aromatic heterocycles. The van der Waals surface area contributed by atoms with Gasteiger partial charge in [0.2, 0.25) is 10.0 Å². The summed E-state index contributed by atoms with van der Waals surface area (Å²) in [6.45, 7) is 8.57. The van der Waals surface area contributed by atoms with Crippen LogP contribution in [-0.4, -0.2) is 79.4 Å². The first-order chi connectivity index (χ1) is 12.4. The SMILES string of the molecule is CCCC(O)(CCC)CN=C(NCC)NCCS(=O)(=O)N1CCSCC1.I. The highest BCUT2D eigenvalue weighted by Gasteiger charge is 2.25. The third-order valence-electron chi connectivity index (χ3n) is 4.32. The van der Waals surface area contributed by atoms with Crippen LogP contribution in [-0.2, 0) is 10.0 Å². The summed E-state index contributed by atoms with van der Waals surface area (Å²) < 4.78 is 26.4. The number of thioether (sulfide) groups is 1. The highest BCUT2D eigenvalue weighted by atomic mass is 127. The number of nitrogens with one attached hydrogen (secondary N) is 2. The fourth-order valence-corrected chi connectivity index (χ4v) is 5.53. The maximum absolute atomic E-state index is 12.4. The molecule has 0 atom stereocenters. The molecular weight excluding hydrogens is 499 g/mol. The molecule has 0 radical (unpaired) electrons. The largest absolute Gasteiger partial charge is 0.388 e. The average molecular weight is 537 g/mol. The summed E-state index contributed by atoms with van der Waals surface area (Å²) in [6, 6.07) is 0. The van der Waals surface area contributed by atoms with Crippen molar-refractivity contribution in [3.63, 3.8) is 0 Å². The summed E-state index contributed by atoms with van der Waals surface area (Å²) in [4.78, 5) is 4.49. The molecule has 162 valence electrons. The van der Waals surface area contributed by atoms with Crippen LogP contribution in [0.3, 0.4) is 0 Å². The van der Waals surface area contributed by atoms with Gasteiger partial charge in [-0.25, -0.2) is 12.7 Å². The third-order valence-corrected chi connectivity index (χ3v) is 7.14. The number of sulfonamides is 1. The van der Waals surface area contributed by atoms with Gasteiger partial charge < -0.3 is 15.7 Å². The van der Waals surface area contributed by atoms with E-state index in [-0.39, 0.29) is 29.7 Å². The van der Waals surface area contributed by atoms with Crippen molar-refractivity contribution in [2.75, 3.05) is 50.0 Å². The molecule has 1 rings (SSSR count). The molecule has 1 aliphatic heterocycles. The second-order valence-corrected chi connectivity index (χ2v) is 9.99. The molecule has 0 aromatic rings. The minimum atomic E-state index is -3.23. The predicted molar refractivity (Wildman–Crippen MR) is 127 cm³/mol. The number of hydrogen-bond acceptors (Lipinski definition) is 5. The Kier molecular flexibility index (Phi) is 14.4. The fraction of sp³-hybridized carbons (Fsp3) is 0.941. The number of guanidine groups is 1. The van der Waals surface area contributed by atoms with Gasteiger partial charge in [0.05, 0.1) is 17.9 Å². The van der Waals surface area contributed by atoms with E-state index in [1.165, 1.54) is 0 Å². The zero-order valence-electron chi connectivity index (χ0n) is 16.9. The molecule has 1 fully saturated rings. The Morgan fingerprint density at radius 3 is 2.26 bits per heavy atom. The van der Waals surface area contributed by atoms with E-state index in [9.17, 15) is 13.5 Å². The van der Waals surface area contributed by atoms with E-state index in [4.69, 9.17) is 0 Å². The van der Waals surface area contributed by atoms with Crippen LogP contribution in [0.2, 0.25) is 0 Å². The van der Waals surface area contributed by atoms with E-state index in [1.807, 2.05) is 6.92 Å². The lowest BCUT2D eigenvalue weighted by molar-refractivity contribution is 0.0306. The van der Waals surface area contributed by atoms with Gasteiger partial charge in [-0.05, 0) is 19.8 Å². The minimum Gasteiger partial charge on any atom is -0.388 e. The molecule has 7 nitrogen and oxygen atoms in total. The molecule has 0 spiro atoms. The Hall–Kier alpha value is 0.220. The van der Waals surface area contributed by atoms with Gasteiger partial charge in [-0.1, -0.05) is 26.7 Å². The molecule has 0 bridgehead atoms. The van der Waals surface area contributed by atoms with Crippen LogP contribution in [0, 0.1) is 0 Å². The molecule has 1 aliphatic rings. The van der Waals surface area contributed by atoms with Crippen molar-refractivity contribution in [2.24, 2.45) is 4.99 Å². The maximum Gasteiger partial charge on any atom is 0.215 e. The first-order valence-electron chi connectivity index (χ1n) is 9.67. The van der Waals surface area contributed by atoms with E-state index in [1.54, 1.807) is 16.1 Å². The van der Waals surface area contributed by atoms with E-state index in [0.29, 0.717) is 51.5 Å². The Balaban J connectivity index is 0.00000676. The smallest absolute Gasteiger partial charge is 0.215 e. The normalized spacial score (nSPS) is 16.7. The summed E-state index contributed by atoms with van der Waals surface area (Å²) in [6.07, 6.45) is 3.24. The van der Waals surface area contributed by atoms with Gasteiger partial charge >= 0.3 is 0 Å². The molecule has 0 unspecified atom stereocenters. The number of aliphatic imine (C=N–C) groups is 1. The van der Waals surface area contributed by atoms with Crippen molar-refractivity contribution in [1.82, 2.24) is 14.9 Å². The number of rotatable bonds is 11. The zero-order chi connectivity index (χ0) is 19.5. The van der Waals surface area contributed by atoms with Crippen LogP contribution in [0.15, 0.2) is 4.99 Å². The van der Waals surface area contributed by atoms with Crippen LogP contribution in [0.5, 0.6) is 0 Å². The lowest BCUT2D eigenvalue weighted by Crippen LogP contribution is -2.44. The van der Waals surface area contributed by atoms with E-state index < -0.39 is 15.6 Å². The monoisotopic (exact) mass is 536 g/mol. The lowest BCUT2D eigenvalue weighted by atomic mass is 9.93. The molecule has 0 aromatic carbocycles. The molecule has 0 saturated carbocycles. The van der Waals surface area contributed by atoms with Crippen LogP contribution in [0.1, 0.15) is 46.5 Å². The van der Waals surface area contributed by atoms with Gasteiger partial charge in [0.15, 0.2) is 5.96 Å². The van der Waals surface area contributed by atoms with E-state index in [2.05, 4.69) is 29.5 Å².